The van der Waals surface area contributed by atoms with Crippen molar-refractivity contribution in [3.63, 3.8) is 0 Å². The highest BCUT2D eigenvalue weighted by Crippen LogP contribution is 2.22. The summed E-state index contributed by atoms with van der Waals surface area (Å²) >= 11 is 6.86. The first-order valence-corrected chi connectivity index (χ1v) is 9.26. The number of carbonyl (C=O) groups is 2. The fourth-order valence-electron chi connectivity index (χ4n) is 2.52. The average Bonchev–Trinajstić information content (AvgIpc) is 3.22. The number of hydrogen-bond donors (Lipinski definition) is 0. The van der Waals surface area contributed by atoms with E-state index in [4.69, 9.17) is 20.8 Å². The van der Waals surface area contributed by atoms with Crippen LogP contribution in [0.3, 0.4) is 0 Å². The van der Waals surface area contributed by atoms with E-state index in [1.165, 1.54) is 22.8 Å². The molecular weight excluding hydrogens is 412 g/mol. The van der Waals surface area contributed by atoms with Crippen LogP contribution in [0.2, 0.25) is 4.34 Å². The van der Waals surface area contributed by atoms with Gasteiger partial charge < -0.3 is 9.15 Å². The number of nitrogens with zero attached hydrogens (tertiary/aromatic N) is 2. The Bertz CT molecular complexity index is 1110. The summed E-state index contributed by atoms with van der Waals surface area (Å²) in [6, 6.07) is 7.00. The van der Waals surface area contributed by atoms with Crippen LogP contribution in [-0.2, 0) is 16.1 Å². The number of rotatable bonds is 8. The van der Waals surface area contributed by atoms with Gasteiger partial charge in [-0.25, -0.2) is 4.79 Å². The van der Waals surface area contributed by atoms with Crippen LogP contribution in [0.15, 0.2) is 39.5 Å². The maximum absolute atomic E-state index is 11.9. The van der Waals surface area contributed by atoms with Crippen LogP contribution in [0.4, 0.5) is 5.69 Å². The second kappa shape index (κ2) is 8.36. The molecule has 0 aliphatic heterocycles. The van der Waals surface area contributed by atoms with Crippen molar-refractivity contribution in [1.82, 2.24) is 4.57 Å². The number of ketones is 1. The summed E-state index contributed by atoms with van der Waals surface area (Å²) in [6.45, 7) is -0.221. The number of aromatic nitrogens is 1. The van der Waals surface area contributed by atoms with E-state index in [9.17, 15) is 24.5 Å². The molecule has 0 amide bonds. The summed E-state index contributed by atoms with van der Waals surface area (Å²) in [5.41, 5.74) is 0.310. The molecule has 0 saturated carbocycles. The van der Waals surface area contributed by atoms with Crippen LogP contribution < -0.4 is 5.76 Å². The molecule has 3 aromatic rings. The number of nitro groups is 1. The summed E-state index contributed by atoms with van der Waals surface area (Å²) in [5, 5.41) is 10.8. The Labute approximate surface area is 166 Å². The molecule has 0 aliphatic rings. The Kier molecular flexibility index (Phi) is 5.90. The first kappa shape index (κ1) is 19.8. The fraction of sp³-hybridized carbons (Fsp3) is 0.235. The van der Waals surface area contributed by atoms with Gasteiger partial charge in [-0.2, -0.15) is 0 Å². The van der Waals surface area contributed by atoms with Gasteiger partial charge in [0.1, 0.15) is 0 Å². The van der Waals surface area contributed by atoms with E-state index in [0.717, 1.165) is 11.3 Å². The van der Waals surface area contributed by atoms with Crippen LogP contribution in [0.25, 0.3) is 11.1 Å². The van der Waals surface area contributed by atoms with Gasteiger partial charge in [0, 0.05) is 19.0 Å². The molecule has 146 valence electrons. The van der Waals surface area contributed by atoms with Gasteiger partial charge in [-0.3, -0.25) is 24.3 Å². The zero-order valence-electron chi connectivity index (χ0n) is 14.3. The van der Waals surface area contributed by atoms with E-state index in [1.807, 2.05) is 0 Å². The second-order valence-corrected chi connectivity index (χ2v) is 7.44. The molecule has 0 unspecified atom stereocenters. The Morgan fingerprint density at radius 1 is 1.29 bits per heavy atom. The lowest BCUT2D eigenvalue weighted by atomic mass is 10.2. The van der Waals surface area contributed by atoms with Gasteiger partial charge in [0.15, 0.2) is 12.2 Å². The average molecular weight is 425 g/mol. The summed E-state index contributed by atoms with van der Waals surface area (Å²) in [6.07, 6.45) is 0.258. The topological polar surface area (TPSA) is 122 Å². The molecule has 1 aromatic carbocycles. The van der Waals surface area contributed by atoms with Crippen LogP contribution in [0.5, 0.6) is 0 Å². The van der Waals surface area contributed by atoms with Crippen molar-refractivity contribution >= 4 is 51.5 Å². The molecule has 9 nitrogen and oxygen atoms in total. The van der Waals surface area contributed by atoms with Crippen LogP contribution >= 0.6 is 22.9 Å². The van der Waals surface area contributed by atoms with Gasteiger partial charge in [0.2, 0.25) is 5.78 Å². The Morgan fingerprint density at radius 2 is 2.07 bits per heavy atom. The van der Waals surface area contributed by atoms with Crippen molar-refractivity contribution in [2.75, 3.05) is 6.61 Å². The van der Waals surface area contributed by atoms with Gasteiger partial charge in [0.05, 0.1) is 25.7 Å². The highest BCUT2D eigenvalue weighted by molar-refractivity contribution is 7.18. The lowest BCUT2D eigenvalue weighted by Crippen LogP contribution is -2.17. The van der Waals surface area contributed by atoms with E-state index in [1.54, 1.807) is 12.1 Å². The minimum atomic E-state index is -0.673. The monoisotopic (exact) mass is 424 g/mol. The van der Waals surface area contributed by atoms with E-state index in [2.05, 4.69) is 0 Å². The maximum Gasteiger partial charge on any atom is 0.419 e. The molecular formula is C17H13ClN2O7S. The molecule has 0 bridgehead atoms. The third-order valence-corrected chi connectivity index (χ3v) is 5.11. The number of benzene rings is 1. The predicted molar refractivity (Wildman–Crippen MR) is 101 cm³/mol. The van der Waals surface area contributed by atoms with E-state index < -0.39 is 16.6 Å². The summed E-state index contributed by atoms with van der Waals surface area (Å²) in [5.74, 6) is -1.59. The van der Waals surface area contributed by atoms with Crippen LogP contribution in [0.1, 0.15) is 22.5 Å². The third-order valence-electron chi connectivity index (χ3n) is 3.84. The first-order chi connectivity index (χ1) is 13.3. The fourth-order valence-corrected chi connectivity index (χ4v) is 3.48. The first-order valence-electron chi connectivity index (χ1n) is 8.07. The molecule has 11 heteroatoms. The number of oxazole rings is 1. The standard InChI is InChI=1S/C17H13ClN2O7S/c18-15-6-5-14(28-15)12(21)9-26-16(22)2-1-7-19-11-4-3-10(20(24)25)8-13(11)27-17(19)23/h3-6,8H,1-2,7,9H2. The van der Waals surface area contributed by atoms with Gasteiger partial charge >= 0.3 is 11.7 Å². The second-order valence-electron chi connectivity index (χ2n) is 5.72. The van der Waals surface area contributed by atoms with Gasteiger partial charge in [-0.1, -0.05) is 11.6 Å². The molecule has 0 fully saturated rings. The summed E-state index contributed by atoms with van der Waals surface area (Å²) < 4.78 is 11.7. The highest BCUT2D eigenvalue weighted by atomic mass is 35.5. The van der Waals surface area contributed by atoms with E-state index in [0.29, 0.717) is 14.7 Å². The Morgan fingerprint density at radius 3 is 2.75 bits per heavy atom. The minimum Gasteiger partial charge on any atom is -0.457 e. The summed E-state index contributed by atoms with van der Waals surface area (Å²) in [4.78, 5) is 46.2. The number of aryl methyl sites for hydroxylation is 1. The number of non-ortho nitro benzene ring substituents is 1. The third kappa shape index (κ3) is 4.46. The highest BCUT2D eigenvalue weighted by Gasteiger charge is 2.15. The van der Waals surface area contributed by atoms with Crippen LogP contribution in [0, 0.1) is 10.1 Å². The maximum atomic E-state index is 11.9. The molecule has 0 saturated heterocycles. The zero-order chi connectivity index (χ0) is 20.3. The molecule has 3 rings (SSSR count). The quantitative estimate of drug-likeness (QED) is 0.235. The van der Waals surface area contributed by atoms with Crippen molar-refractivity contribution in [3.8, 4) is 0 Å². The number of thiophene rings is 1. The largest absolute Gasteiger partial charge is 0.457 e. The van der Waals surface area contributed by atoms with Crippen molar-refractivity contribution < 1.29 is 23.7 Å². The van der Waals surface area contributed by atoms with Crippen LogP contribution in [-0.4, -0.2) is 27.8 Å². The molecule has 0 atom stereocenters. The molecule has 28 heavy (non-hydrogen) atoms. The van der Waals surface area contributed by atoms with Crippen molar-refractivity contribution in [3.05, 3.63) is 60.2 Å². The SMILES string of the molecule is O=C(CCCn1c(=O)oc2cc([N+](=O)[O-])ccc21)OCC(=O)c1ccc(Cl)s1. The number of Topliss-reactive ketones (excluding diaryl/α,β-unsaturated/α-hetero) is 1. The molecule has 0 radical (unpaired) electrons. The van der Waals surface area contributed by atoms with Gasteiger partial charge in [0.25, 0.3) is 5.69 Å². The Hall–Kier alpha value is -2.98. The predicted octanol–water partition coefficient (Wildman–Crippen LogP) is 3.42. The number of halogens is 1. The zero-order valence-corrected chi connectivity index (χ0v) is 15.8. The molecule has 0 spiro atoms. The normalized spacial score (nSPS) is 10.9. The molecule has 0 aliphatic carbocycles. The summed E-state index contributed by atoms with van der Waals surface area (Å²) in [7, 11) is 0. The number of carbonyl (C=O) groups excluding carboxylic acids is 2. The number of esters is 1. The molecule has 2 aromatic heterocycles. The lowest BCUT2D eigenvalue weighted by molar-refractivity contribution is -0.384. The number of nitro benzene ring substituents is 1. The number of hydrogen-bond acceptors (Lipinski definition) is 8. The Balaban J connectivity index is 1.54. The molecule has 0 N–H and O–H groups in total. The lowest BCUT2D eigenvalue weighted by Gasteiger charge is -2.04. The van der Waals surface area contributed by atoms with Crippen molar-refractivity contribution in [2.24, 2.45) is 0 Å². The number of ether oxygens (including phenoxy) is 1. The molecule has 2 heterocycles. The van der Waals surface area contributed by atoms with Gasteiger partial charge in [-0.05, 0) is 24.6 Å². The number of fused-ring (bicyclic) bond motifs is 1. The van der Waals surface area contributed by atoms with E-state index in [-0.39, 0.29) is 43.0 Å². The van der Waals surface area contributed by atoms with E-state index >= 15 is 0 Å². The smallest absolute Gasteiger partial charge is 0.419 e. The van der Waals surface area contributed by atoms with Crippen molar-refractivity contribution in [2.45, 2.75) is 19.4 Å². The minimum absolute atomic E-state index is 0.00935. The van der Waals surface area contributed by atoms with Gasteiger partial charge in [-0.15, -0.1) is 11.3 Å². The van der Waals surface area contributed by atoms with Crippen molar-refractivity contribution in [1.29, 1.82) is 0 Å².